The summed E-state index contributed by atoms with van der Waals surface area (Å²) in [5, 5.41) is -0.654. The summed E-state index contributed by atoms with van der Waals surface area (Å²) < 4.78 is 13.0. The standard InChI is InChI=1S/C28H22Cl4N4O6S2/c1-15(37)43-21(17-3-7-19(29)8-4-17)23(31)35-13-11-33-27(35)41-25(39)26(40)42-28-34-12-14-36(28)24(32)22(44-16(2)38)18-5-9-20(30)10-6-18/h3-14,21-24H,1-2H3. The molecule has 0 saturated heterocycles. The third kappa shape index (κ3) is 8.58. The summed E-state index contributed by atoms with van der Waals surface area (Å²) in [6, 6.07) is 12.9. The predicted molar refractivity (Wildman–Crippen MR) is 170 cm³/mol. The van der Waals surface area contributed by atoms with E-state index in [1.165, 1.54) is 47.8 Å². The Hall–Kier alpha value is -3.00. The number of ether oxygens (including phenoxy) is 2. The predicted octanol–water partition coefficient (Wildman–Crippen LogP) is 7.41. The van der Waals surface area contributed by atoms with Crippen molar-refractivity contribution >= 4 is 92.1 Å². The minimum Gasteiger partial charge on any atom is -0.383 e. The number of rotatable bonds is 10. The van der Waals surface area contributed by atoms with Gasteiger partial charge in [0.05, 0.1) is 10.5 Å². The summed E-state index contributed by atoms with van der Waals surface area (Å²) in [4.78, 5) is 57.5. The molecule has 0 bridgehead atoms. The van der Waals surface area contributed by atoms with Crippen molar-refractivity contribution in [3.63, 3.8) is 0 Å². The van der Waals surface area contributed by atoms with Crippen molar-refractivity contribution in [2.45, 2.75) is 35.3 Å². The topological polar surface area (TPSA) is 122 Å². The highest BCUT2D eigenvalue weighted by molar-refractivity contribution is 8.14. The van der Waals surface area contributed by atoms with Gasteiger partial charge in [-0.2, -0.15) is 0 Å². The lowest BCUT2D eigenvalue weighted by Crippen LogP contribution is -2.28. The lowest BCUT2D eigenvalue weighted by atomic mass is 10.1. The van der Waals surface area contributed by atoms with Crippen LogP contribution in [0.3, 0.4) is 0 Å². The molecule has 2 heterocycles. The van der Waals surface area contributed by atoms with E-state index in [2.05, 4.69) is 9.97 Å². The highest BCUT2D eigenvalue weighted by Crippen LogP contribution is 2.44. The second-order valence-electron chi connectivity index (χ2n) is 8.92. The first-order valence-electron chi connectivity index (χ1n) is 12.6. The molecule has 2 aromatic heterocycles. The van der Waals surface area contributed by atoms with Crippen molar-refractivity contribution in [3.05, 3.63) is 94.5 Å². The second kappa shape index (κ2) is 15.3. The molecule has 0 radical (unpaired) electrons. The highest BCUT2D eigenvalue weighted by atomic mass is 35.5. The van der Waals surface area contributed by atoms with E-state index in [0.717, 1.165) is 23.5 Å². The summed E-state index contributed by atoms with van der Waals surface area (Å²) in [5.74, 6) is -2.84. The van der Waals surface area contributed by atoms with E-state index in [9.17, 15) is 19.2 Å². The van der Waals surface area contributed by atoms with Gasteiger partial charge in [-0.3, -0.25) is 18.7 Å². The molecule has 0 saturated carbocycles. The molecular formula is C28H22Cl4N4O6S2. The number of hydrogen-bond donors (Lipinski definition) is 0. The van der Waals surface area contributed by atoms with Crippen molar-refractivity contribution in [3.8, 4) is 12.0 Å². The van der Waals surface area contributed by atoms with E-state index in [0.29, 0.717) is 21.2 Å². The van der Waals surface area contributed by atoms with E-state index >= 15 is 0 Å². The van der Waals surface area contributed by atoms with Crippen molar-refractivity contribution < 1.29 is 28.7 Å². The number of aromatic nitrogens is 4. The van der Waals surface area contributed by atoms with E-state index < -0.39 is 33.4 Å². The maximum atomic E-state index is 12.8. The molecule has 2 aromatic carbocycles. The number of halogens is 4. The minimum atomic E-state index is -1.42. The number of carbonyl (C=O) groups is 4. The number of benzene rings is 2. The average Bonchev–Trinajstić information content (AvgIpc) is 3.64. The highest BCUT2D eigenvalue weighted by Gasteiger charge is 2.32. The first kappa shape index (κ1) is 33.9. The molecule has 44 heavy (non-hydrogen) atoms. The lowest BCUT2D eigenvalue weighted by Gasteiger charge is -2.23. The van der Waals surface area contributed by atoms with Gasteiger partial charge >= 0.3 is 24.0 Å². The van der Waals surface area contributed by atoms with Crippen LogP contribution in [0.1, 0.15) is 46.5 Å². The van der Waals surface area contributed by atoms with Gasteiger partial charge in [0.25, 0.3) is 0 Å². The Morgan fingerprint density at radius 1 is 0.659 bits per heavy atom. The number of hydrogen-bond acceptors (Lipinski definition) is 10. The van der Waals surface area contributed by atoms with Gasteiger partial charge in [0.15, 0.2) is 10.2 Å². The Kier molecular flexibility index (Phi) is 11.8. The summed E-state index contributed by atoms with van der Waals surface area (Å²) >= 11 is 27.4. The molecule has 10 nitrogen and oxygen atoms in total. The molecule has 4 rings (SSSR count). The SMILES string of the molecule is CC(=O)SC(c1ccc(Cl)cc1)C(Cl)n1ccnc1OC(=O)C(=O)Oc1nccn1C(Cl)C(SC(C)=O)c1ccc(Cl)cc1. The molecule has 4 atom stereocenters. The lowest BCUT2D eigenvalue weighted by molar-refractivity contribution is -0.157. The molecule has 0 aliphatic rings. The fourth-order valence-corrected chi connectivity index (χ4v) is 6.84. The van der Waals surface area contributed by atoms with Gasteiger partial charge < -0.3 is 9.47 Å². The maximum absolute atomic E-state index is 12.8. The monoisotopic (exact) mass is 714 g/mol. The molecule has 0 fully saturated rings. The zero-order chi connectivity index (χ0) is 32.0. The van der Waals surface area contributed by atoms with E-state index in [1.807, 2.05) is 0 Å². The van der Waals surface area contributed by atoms with Gasteiger partial charge in [-0.05, 0) is 35.4 Å². The van der Waals surface area contributed by atoms with Crippen LogP contribution in [-0.4, -0.2) is 41.3 Å². The van der Waals surface area contributed by atoms with Crippen molar-refractivity contribution in [1.29, 1.82) is 0 Å². The van der Waals surface area contributed by atoms with Crippen LogP contribution in [0.25, 0.3) is 0 Å². The van der Waals surface area contributed by atoms with Crippen LogP contribution in [0, 0.1) is 0 Å². The fraction of sp³-hybridized carbons (Fsp3) is 0.214. The number of thioether (sulfide) groups is 2. The Labute approximate surface area is 280 Å². The fourth-order valence-electron chi connectivity index (χ4n) is 3.90. The van der Waals surface area contributed by atoms with Crippen LogP contribution in [0.4, 0.5) is 0 Å². The van der Waals surface area contributed by atoms with Gasteiger partial charge in [-0.15, -0.1) is 0 Å². The van der Waals surface area contributed by atoms with Crippen LogP contribution < -0.4 is 9.47 Å². The first-order chi connectivity index (χ1) is 20.9. The number of nitrogens with zero attached hydrogens (tertiary/aromatic N) is 4. The summed E-state index contributed by atoms with van der Waals surface area (Å²) in [5.41, 5.74) is -0.568. The molecule has 0 amide bonds. The number of alkyl halides is 2. The Morgan fingerprint density at radius 3 is 1.32 bits per heavy atom. The molecule has 0 aliphatic carbocycles. The number of imidazole rings is 2. The molecule has 4 unspecified atom stereocenters. The quantitative estimate of drug-likeness (QED) is 0.0932. The van der Waals surface area contributed by atoms with Gasteiger partial charge in [0.1, 0.15) is 11.0 Å². The van der Waals surface area contributed by atoms with Crippen LogP contribution >= 0.6 is 69.9 Å². The molecule has 0 aliphatic heterocycles. The molecule has 4 aromatic rings. The van der Waals surface area contributed by atoms with Crippen LogP contribution in [0.15, 0.2) is 73.3 Å². The van der Waals surface area contributed by atoms with Crippen molar-refractivity contribution in [2.75, 3.05) is 0 Å². The zero-order valence-electron chi connectivity index (χ0n) is 22.8. The Bertz CT molecular complexity index is 1530. The van der Waals surface area contributed by atoms with E-state index in [-0.39, 0.29) is 22.3 Å². The Balaban J connectivity index is 1.50. The third-order valence-electron chi connectivity index (χ3n) is 5.81. The zero-order valence-corrected chi connectivity index (χ0v) is 27.5. The smallest absolute Gasteiger partial charge is 0.383 e. The van der Waals surface area contributed by atoms with Gasteiger partial charge in [0.2, 0.25) is 0 Å². The summed E-state index contributed by atoms with van der Waals surface area (Å²) in [7, 11) is 0. The molecule has 230 valence electrons. The number of carbonyl (C=O) groups excluding carboxylic acids is 4. The van der Waals surface area contributed by atoms with Gasteiger partial charge in [0, 0.05) is 48.7 Å². The molecule has 0 spiro atoms. The molecular weight excluding hydrogens is 694 g/mol. The molecule has 16 heteroatoms. The van der Waals surface area contributed by atoms with Gasteiger partial charge in [-0.25, -0.2) is 19.6 Å². The van der Waals surface area contributed by atoms with Crippen molar-refractivity contribution in [1.82, 2.24) is 19.1 Å². The van der Waals surface area contributed by atoms with Crippen molar-refractivity contribution in [2.24, 2.45) is 0 Å². The average molecular weight is 716 g/mol. The van der Waals surface area contributed by atoms with E-state index in [1.54, 1.807) is 48.5 Å². The summed E-state index contributed by atoms with van der Waals surface area (Å²) in [6.07, 6.45) is 5.50. The van der Waals surface area contributed by atoms with Gasteiger partial charge in [-0.1, -0.05) is 94.2 Å². The largest absolute Gasteiger partial charge is 0.425 e. The van der Waals surface area contributed by atoms with Crippen LogP contribution in [0.5, 0.6) is 12.0 Å². The maximum Gasteiger partial charge on any atom is 0.425 e. The third-order valence-corrected chi connectivity index (χ3v) is 9.77. The van der Waals surface area contributed by atoms with Crippen LogP contribution in [0.2, 0.25) is 10.0 Å². The molecule has 0 N–H and O–H groups in total. The summed E-state index contributed by atoms with van der Waals surface area (Å²) in [6.45, 7) is 2.79. The second-order valence-corrected chi connectivity index (χ2v) is 13.3. The van der Waals surface area contributed by atoms with Crippen LogP contribution in [-0.2, 0) is 19.2 Å². The number of esters is 2. The Morgan fingerprint density at radius 2 is 1.00 bits per heavy atom. The first-order valence-corrected chi connectivity index (χ1v) is 16.0. The minimum absolute atomic E-state index is 0.203. The normalized spacial score (nSPS) is 13.9. The van der Waals surface area contributed by atoms with E-state index in [4.69, 9.17) is 55.9 Å².